The predicted molar refractivity (Wildman–Crippen MR) is 45.6 cm³/mol. The third-order valence-electron chi connectivity index (χ3n) is 1.83. The van der Waals surface area contributed by atoms with E-state index in [0.29, 0.717) is 6.07 Å². The molecule has 0 radical (unpaired) electrons. The van der Waals surface area contributed by atoms with Gasteiger partial charge in [-0.25, -0.2) is 13.2 Å². The number of aromatic hydroxyl groups is 1. The summed E-state index contributed by atoms with van der Waals surface area (Å²) in [5.74, 6) is -4.85. The lowest BCUT2D eigenvalue weighted by Crippen LogP contribution is -2.18. The molecule has 0 atom stereocenters. The minimum atomic E-state index is -3.15. The first kappa shape index (κ1) is 10.8. The minimum absolute atomic E-state index is 0.185. The van der Waals surface area contributed by atoms with E-state index >= 15 is 0 Å². The van der Waals surface area contributed by atoms with Gasteiger partial charge in [0.05, 0.1) is 0 Å². The second-order valence-electron chi connectivity index (χ2n) is 2.91. The molecule has 0 unspecified atom stereocenters. The molecular formula is C9H10F3NO. The molecule has 0 amide bonds. The van der Waals surface area contributed by atoms with Crippen LogP contribution in [0.25, 0.3) is 0 Å². The number of phenolic OH excluding ortho intramolecular Hbond substituents is 1. The highest BCUT2D eigenvalue weighted by Gasteiger charge is 2.31. The van der Waals surface area contributed by atoms with Gasteiger partial charge in [0.15, 0.2) is 11.6 Å². The molecule has 1 rings (SSSR count). The molecular weight excluding hydrogens is 195 g/mol. The van der Waals surface area contributed by atoms with Crippen LogP contribution in [0, 0.1) is 5.82 Å². The van der Waals surface area contributed by atoms with Gasteiger partial charge in [-0.3, -0.25) is 0 Å². The minimum Gasteiger partial charge on any atom is -0.505 e. The molecule has 1 aromatic rings. The van der Waals surface area contributed by atoms with Gasteiger partial charge in [0.25, 0.3) is 5.92 Å². The number of phenols is 1. The Morgan fingerprint density at radius 3 is 2.50 bits per heavy atom. The van der Waals surface area contributed by atoms with Crippen molar-refractivity contribution < 1.29 is 18.3 Å². The zero-order valence-electron chi connectivity index (χ0n) is 7.30. The van der Waals surface area contributed by atoms with E-state index in [1.807, 2.05) is 0 Å². The molecule has 0 aliphatic rings. The van der Waals surface area contributed by atoms with Crippen LogP contribution in [0.3, 0.4) is 0 Å². The Kier molecular flexibility index (Phi) is 3.00. The van der Waals surface area contributed by atoms with Crippen molar-refractivity contribution in [3.05, 3.63) is 29.6 Å². The number of halogens is 3. The topological polar surface area (TPSA) is 46.2 Å². The molecule has 2 nitrogen and oxygen atoms in total. The molecule has 0 aliphatic heterocycles. The summed E-state index contributed by atoms with van der Waals surface area (Å²) in [6, 6.07) is 2.49. The Bertz CT molecular complexity index is 328. The average molecular weight is 205 g/mol. The monoisotopic (exact) mass is 205 g/mol. The lowest BCUT2D eigenvalue weighted by atomic mass is 10.1. The lowest BCUT2D eigenvalue weighted by Gasteiger charge is -2.15. The van der Waals surface area contributed by atoms with Crippen LogP contribution in [0.5, 0.6) is 5.75 Å². The van der Waals surface area contributed by atoms with Crippen LogP contribution in [0.15, 0.2) is 18.2 Å². The summed E-state index contributed by atoms with van der Waals surface area (Å²) in [5, 5.41) is 8.79. The van der Waals surface area contributed by atoms with Crippen molar-refractivity contribution in [2.24, 2.45) is 5.73 Å². The maximum atomic E-state index is 13.1. The van der Waals surface area contributed by atoms with Crippen LogP contribution < -0.4 is 5.73 Å². The third kappa shape index (κ3) is 2.17. The highest BCUT2D eigenvalue weighted by atomic mass is 19.3. The number of hydrogen-bond acceptors (Lipinski definition) is 2. The molecule has 0 aliphatic carbocycles. The predicted octanol–water partition coefficient (Wildman–Crippen LogP) is 1.97. The van der Waals surface area contributed by atoms with E-state index in [1.54, 1.807) is 0 Å². The van der Waals surface area contributed by atoms with Gasteiger partial charge < -0.3 is 10.8 Å². The molecule has 78 valence electrons. The largest absolute Gasteiger partial charge is 0.505 e. The van der Waals surface area contributed by atoms with Crippen molar-refractivity contribution >= 4 is 0 Å². The lowest BCUT2D eigenvalue weighted by molar-refractivity contribution is -0.0110. The van der Waals surface area contributed by atoms with Gasteiger partial charge in [-0.05, 0) is 24.7 Å². The Hall–Kier alpha value is -1.23. The van der Waals surface area contributed by atoms with E-state index in [1.165, 1.54) is 0 Å². The van der Waals surface area contributed by atoms with E-state index < -0.39 is 29.5 Å². The fourth-order valence-corrected chi connectivity index (χ4v) is 1.06. The second kappa shape index (κ2) is 3.88. The van der Waals surface area contributed by atoms with Crippen LogP contribution in [0.4, 0.5) is 13.2 Å². The van der Waals surface area contributed by atoms with Crippen LogP contribution in [0.1, 0.15) is 12.0 Å². The van der Waals surface area contributed by atoms with E-state index in [9.17, 15) is 13.2 Å². The molecule has 1 aromatic carbocycles. The summed E-state index contributed by atoms with van der Waals surface area (Å²) >= 11 is 0. The highest BCUT2D eigenvalue weighted by molar-refractivity contribution is 5.30. The summed E-state index contributed by atoms with van der Waals surface area (Å²) in [5.41, 5.74) is 4.52. The van der Waals surface area contributed by atoms with E-state index in [4.69, 9.17) is 10.8 Å². The summed E-state index contributed by atoms with van der Waals surface area (Å²) in [6.45, 7) is -0.185. The van der Waals surface area contributed by atoms with Gasteiger partial charge in [0, 0.05) is 12.0 Å². The smallest absolute Gasteiger partial charge is 0.274 e. The molecule has 0 bridgehead atoms. The standard InChI is InChI=1S/C9H10F3NO/c10-7-5-6(1-2-8(7)14)9(11,12)3-4-13/h1-2,5,14H,3-4,13H2. The first-order valence-corrected chi connectivity index (χ1v) is 4.04. The summed E-state index contributed by atoms with van der Waals surface area (Å²) in [6.07, 6.45) is -0.544. The normalized spacial score (nSPS) is 11.7. The van der Waals surface area contributed by atoms with E-state index in [-0.39, 0.29) is 6.54 Å². The molecule has 3 N–H and O–H groups in total. The van der Waals surface area contributed by atoms with Crippen molar-refractivity contribution in [3.8, 4) is 5.75 Å². The van der Waals surface area contributed by atoms with Gasteiger partial charge >= 0.3 is 0 Å². The van der Waals surface area contributed by atoms with Crippen molar-refractivity contribution in [2.45, 2.75) is 12.3 Å². The number of rotatable bonds is 3. The molecule has 0 saturated carbocycles. The molecule has 0 aromatic heterocycles. The number of hydrogen-bond donors (Lipinski definition) is 2. The van der Waals surface area contributed by atoms with Gasteiger partial charge in [-0.2, -0.15) is 0 Å². The van der Waals surface area contributed by atoms with Crippen molar-refractivity contribution in [3.63, 3.8) is 0 Å². The quantitative estimate of drug-likeness (QED) is 0.792. The van der Waals surface area contributed by atoms with Gasteiger partial charge in [-0.1, -0.05) is 0 Å². The molecule has 0 fully saturated rings. The third-order valence-corrected chi connectivity index (χ3v) is 1.83. The first-order valence-electron chi connectivity index (χ1n) is 4.04. The maximum Gasteiger partial charge on any atom is 0.274 e. The Labute approximate surface area is 79.2 Å². The molecule has 5 heteroatoms. The number of alkyl halides is 2. The molecule has 14 heavy (non-hydrogen) atoms. The Morgan fingerprint density at radius 1 is 1.36 bits per heavy atom. The van der Waals surface area contributed by atoms with E-state index in [0.717, 1.165) is 12.1 Å². The highest BCUT2D eigenvalue weighted by Crippen LogP contribution is 2.32. The number of benzene rings is 1. The average Bonchev–Trinajstić information content (AvgIpc) is 2.09. The van der Waals surface area contributed by atoms with Gasteiger partial charge in [0.2, 0.25) is 0 Å². The summed E-state index contributed by atoms with van der Waals surface area (Å²) in [4.78, 5) is 0. The first-order chi connectivity index (χ1) is 6.47. The van der Waals surface area contributed by atoms with Gasteiger partial charge in [0.1, 0.15) is 0 Å². The molecule has 0 heterocycles. The van der Waals surface area contributed by atoms with Crippen LogP contribution in [-0.4, -0.2) is 11.7 Å². The summed E-state index contributed by atoms with van der Waals surface area (Å²) < 4.78 is 39.0. The van der Waals surface area contributed by atoms with Crippen molar-refractivity contribution in [1.82, 2.24) is 0 Å². The SMILES string of the molecule is NCCC(F)(F)c1ccc(O)c(F)c1. The van der Waals surface area contributed by atoms with Crippen LogP contribution in [-0.2, 0) is 5.92 Å². The van der Waals surface area contributed by atoms with Gasteiger partial charge in [-0.15, -0.1) is 0 Å². The fraction of sp³-hybridized carbons (Fsp3) is 0.333. The van der Waals surface area contributed by atoms with E-state index in [2.05, 4.69) is 0 Å². The van der Waals surface area contributed by atoms with Crippen molar-refractivity contribution in [1.29, 1.82) is 0 Å². The second-order valence-corrected chi connectivity index (χ2v) is 2.91. The summed E-state index contributed by atoms with van der Waals surface area (Å²) in [7, 11) is 0. The maximum absolute atomic E-state index is 13.1. The Morgan fingerprint density at radius 2 is 2.00 bits per heavy atom. The Balaban J connectivity index is 3.01. The zero-order chi connectivity index (χ0) is 10.8. The van der Waals surface area contributed by atoms with Crippen molar-refractivity contribution in [2.75, 3.05) is 6.54 Å². The van der Waals surface area contributed by atoms with Crippen LogP contribution >= 0.6 is 0 Å². The van der Waals surface area contributed by atoms with Crippen LogP contribution in [0.2, 0.25) is 0 Å². The zero-order valence-corrected chi connectivity index (χ0v) is 7.30. The fourth-order valence-electron chi connectivity index (χ4n) is 1.06. The molecule has 0 spiro atoms. The molecule has 0 saturated heterocycles. The number of nitrogens with two attached hydrogens (primary N) is 1.